The summed E-state index contributed by atoms with van der Waals surface area (Å²) in [5.41, 5.74) is 1.91. The van der Waals surface area contributed by atoms with Crippen molar-refractivity contribution in [1.82, 2.24) is 0 Å². The molecule has 0 spiro atoms. The molecule has 0 radical (unpaired) electrons. The zero-order valence-corrected chi connectivity index (χ0v) is 14.4. The van der Waals surface area contributed by atoms with Crippen LogP contribution in [-0.4, -0.2) is 18.4 Å². The highest BCUT2D eigenvalue weighted by molar-refractivity contribution is 6.42. The SMILES string of the molecule is O=C(Nc1ccc(Cl)c(Cl)c1)c1ccc(N2CCCCC2=O)cc1. The number of amides is 2. The standard InChI is InChI=1S/C18H16Cl2N2O2/c19-15-9-6-13(11-16(15)20)21-18(24)12-4-7-14(8-5-12)22-10-2-1-3-17(22)23/h4-9,11H,1-3,10H2,(H,21,24). The van der Waals surface area contributed by atoms with E-state index in [1.165, 1.54) is 0 Å². The van der Waals surface area contributed by atoms with E-state index in [2.05, 4.69) is 5.32 Å². The number of nitrogens with one attached hydrogen (secondary N) is 1. The molecule has 24 heavy (non-hydrogen) atoms. The van der Waals surface area contributed by atoms with Crippen molar-refractivity contribution in [3.05, 3.63) is 58.1 Å². The molecule has 1 fully saturated rings. The highest BCUT2D eigenvalue weighted by Crippen LogP contribution is 2.26. The van der Waals surface area contributed by atoms with Gasteiger partial charge in [0.15, 0.2) is 0 Å². The zero-order chi connectivity index (χ0) is 17.1. The van der Waals surface area contributed by atoms with Crippen molar-refractivity contribution >= 4 is 46.4 Å². The van der Waals surface area contributed by atoms with Crippen molar-refractivity contribution < 1.29 is 9.59 Å². The Labute approximate surface area is 150 Å². The van der Waals surface area contributed by atoms with Crippen LogP contribution >= 0.6 is 23.2 Å². The summed E-state index contributed by atoms with van der Waals surface area (Å²) < 4.78 is 0. The maximum atomic E-state index is 12.3. The van der Waals surface area contributed by atoms with Crippen LogP contribution in [0, 0.1) is 0 Å². The van der Waals surface area contributed by atoms with Gasteiger partial charge < -0.3 is 10.2 Å². The van der Waals surface area contributed by atoms with Crippen LogP contribution in [-0.2, 0) is 4.79 Å². The molecule has 0 aromatic heterocycles. The number of nitrogens with zero attached hydrogens (tertiary/aromatic N) is 1. The first-order valence-electron chi connectivity index (χ1n) is 7.71. The number of rotatable bonds is 3. The van der Waals surface area contributed by atoms with Crippen molar-refractivity contribution in [3.8, 4) is 0 Å². The average Bonchev–Trinajstić information content (AvgIpc) is 2.59. The van der Waals surface area contributed by atoms with Gasteiger partial charge in [-0.15, -0.1) is 0 Å². The molecule has 1 N–H and O–H groups in total. The van der Waals surface area contributed by atoms with Crippen LogP contribution in [0.15, 0.2) is 42.5 Å². The highest BCUT2D eigenvalue weighted by Gasteiger charge is 2.19. The Morgan fingerprint density at radius 1 is 1.00 bits per heavy atom. The molecule has 2 aromatic carbocycles. The van der Waals surface area contributed by atoms with Crippen LogP contribution in [0.5, 0.6) is 0 Å². The quantitative estimate of drug-likeness (QED) is 0.855. The van der Waals surface area contributed by atoms with Gasteiger partial charge >= 0.3 is 0 Å². The molecule has 0 bridgehead atoms. The number of piperidine rings is 1. The molecule has 2 aromatic rings. The molecular weight excluding hydrogens is 347 g/mol. The first kappa shape index (κ1) is 16.8. The number of anilines is 2. The van der Waals surface area contributed by atoms with Gasteiger partial charge in [-0.05, 0) is 55.3 Å². The van der Waals surface area contributed by atoms with Crippen LogP contribution in [0.1, 0.15) is 29.6 Å². The van der Waals surface area contributed by atoms with Gasteiger partial charge in [0.2, 0.25) is 5.91 Å². The third kappa shape index (κ3) is 3.71. The number of benzene rings is 2. The lowest BCUT2D eigenvalue weighted by atomic mass is 10.1. The Morgan fingerprint density at radius 2 is 1.75 bits per heavy atom. The first-order valence-corrected chi connectivity index (χ1v) is 8.47. The van der Waals surface area contributed by atoms with E-state index in [0.717, 1.165) is 25.1 Å². The first-order chi connectivity index (χ1) is 11.5. The monoisotopic (exact) mass is 362 g/mol. The van der Waals surface area contributed by atoms with E-state index < -0.39 is 0 Å². The topological polar surface area (TPSA) is 49.4 Å². The van der Waals surface area contributed by atoms with E-state index >= 15 is 0 Å². The van der Waals surface area contributed by atoms with Gasteiger partial charge in [0.1, 0.15) is 0 Å². The van der Waals surface area contributed by atoms with Crippen LogP contribution in [0.4, 0.5) is 11.4 Å². The maximum absolute atomic E-state index is 12.3. The van der Waals surface area contributed by atoms with Crippen molar-refractivity contribution in [3.63, 3.8) is 0 Å². The summed E-state index contributed by atoms with van der Waals surface area (Å²) in [5.74, 6) is -0.112. The lowest BCUT2D eigenvalue weighted by Gasteiger charge is -2.26. The molecule has 3 rings (SSSR count). The molecule has 0 unspecified atom stereocenters. The minimum atomic E-state index is -0.245. The van der Waals surface area contributed by atoms with Gasteiger partial charge in [-0.2, -0.15) is 0 Å². The molecule has 1 saturated heterocycles. The van der Waals surface area contributed by atoms with Gasteiger partial charge in [-0.25, -0.2) is 0 Å². The fourth-order valence-electron chi connectivity index (χ4n) is 2.65. The number of hydrogen-bond acceptors (Lipinski definition) is 2. The highest BCUT2D eigenvalue weighted by atomic mass is 35.5. The zero-order valence-electron chi connectivity index (χ0n) is 12.9. The van der Waals surface area contributed by atoms with Crippen LogP contribution in [0.2, 0.25) is 10.0 Å². The molecule has 0 atom stereocenters. The third-order valence-electron chi connectivity index (χ3n) is 3.94. The lowest BCUT2D eigenvalue weighted by Crippen LogP contribution is -2.35. The molecule has 4 nitrogen and oxygen atoms in total. The Kier molecular flexibility index (Phi) is 5.07. The second-order valence-corrected chi connectivity index (χ2v) is 6.45. The molecule has 6 heteroatoms. The molecule has 0 saturated carbocycles. The molecule has 124 valence electrons. The van der Waals surface area contributed by atoms with E-state index in [1.54, 1.807) is 47.4 Å². The van der Waals surface area contributed by atoms with E-state index in [9.17, 15) is 9.59 Å². The molecule has 1 heterocycles. The maximum Gasteiger partial charge on any atom is 0.255 e. The summed E-state index contributed by atoms with van der Waals surface area (Å²) in [6, 6.07) is 11.9. The molecule has 1 aliphatic heterocycles. The number of hydrogen-bond donors (Lipinski definition) is 1. The Morgan fingerprint density at radius 3 is 2.42 bits per heavy atom. The predicted molar refractivity (Wildman–Crippen MR) is 97.1 cm³/mol. The summed E-state index contributed by atoms with van der Waals surface area (Å²) in [6.45, 7) is 0.730. The smallest absolute Gasteiger partial charge is 0.255 e. The Hall–Kier alpha value is -2.04. The van der Waals surface area contributed by atoms with Gasteiger partial charge in [0.05, 0.1) is 10.0 Å². The third-order valence-corrected chi connectivity index (χ3v) is 4.68. The lowest BCUT2D eigenvalue weighted by molar-refractivity contribution is -0.119. The van der Waals surface area contributed by atoms with Gasteiger partial charge in [-0.1, -0.05) is 23.2 Å². The molecule has 0 aliphatic carbocycles. The van der Waals surface area contributed by atoms with Crippen LogP contribution < -0.4 is 10.2 Å². The summed E-state index contributed by atoms with van der Waals surface area (Å²) in [7, 11) is 0. The normalized spacial score (nSPS) is 14.6. The van der Waals surface area contributed by atoms with Gasteiger partial charge in [0, 0.05) is 29.9 Å². The minimum Gasteiger partial charge on any atom is -0.322 e. The second-order valence-electron chi connectivity index (χ2n) is 5.63. The van der Waals surface area contributed by atoms with Crippen molar-refractivity contribution in [2.24, 2.45) is 0 Å². The molecule has 2 amide bonds. The van der Waals surface area contributed by atoms with E-state index in [-0.39, 0.29) is 11.8 Å². The predicted octanol–water partition coefficient (Wildman–Crippen LogP) is 4.76. The Bertz CT molecular complexity index is 775. The summed E-state index contributed by atoms with van der Waals surface area (Å²) >= 11 is 11.8. The molecular formula is C18H16Cl2N2O2. The van der Waals surface area contributed by atoms with Crippen LogP contribution in [0.3, 0.4) is 0 Å². The van der Waals surface area contributed by atoms with Crippen molar-refractivity contribution in [2.75, 3.05) is 16.8 Å². The second kappa shape index (κ2) is 7.24. The van der Waals surface area contributed by atoms with E-state index in [0.29, 0.717) is 27.7 Å². The minimum absolute atomic E-state index is 0.134. The summed E-state index contributed by atoms with van der Waals surface area (Å²) in [4.78, 5) is 26.0. The number of carbonyl (C=O) groups excluding carboxylic acids is 2. The van der Waals surface area contributed by atoms with Gasteiger partial charge in [-0.3, -0.25) is 9.59 Å². The summed E-state index contributed by atoms with van der Waals surface area (Å²) in [6.07, 6.45) is 2.53. The van der Waals surface area contributed by atoms with Crippen LogP contribution in [0.25, 0.3) is 0 Å². The summed E-state index contributed by atoms with van der Waals surface area (Å²) in [5, 5.41) is 3.59. The van der Waals surface area contributed by atoms with E-state index in [4.69, 9.17) is 23.2 Å². The van der Waals surface area contributed by atoms with Crippen molar-refractivity contribution in [1.29, 1.82) is 0 Å². The van der Waals surface area contributed by atoms with E-state index in [1.807, 2.05) is 0 Å². The van der Waals surface area contributed by atoms with Gasteiger partial charge in [0.25, 0.3) is 5.91 Å². The average molecular weight is 363 g/mol. The Balaban J connectivity index is 1.71. The van der Waals surface area contributed by atoms with Crippen molar-refractivity contribution in [2.45, 2.75) is 19.3 Å². The molecule has 1 aliphatic rings. The number of halogens is 2. The number of carbonyl (C=O) groups is 2. The fourth-order valence-corrected chi connectivity index (χ4v) is 2.95. The largest absolute Gasteiger partial charge is 0.322 e. The fraction of sp³-hybridized carbons (Fsp3) is 0.222.